The van der Waals surface area contributed by atoms with Gasteiger partial charge in [0.15, 0.2) is 17.3 Å². The van der Waals surface area contributed by atoms with Crippen LogP contribution in [0.2, 0.25) is 0 Å². The highest BCUT2D eigenvalue weighted by molar-refractivity contribution is 5.94. The van der Waals surface area contributed by atoms with Crippen molar-refractivity contribution in [1.82, 2.24) is 19.4 Å². The number of hydrogen-bond acceptors (Lipinski definition) is 4. The van der Waals surface area contributed by atoms with E-state index in [4.69, 9.17) is 5.73 Å². The predicted octanol–water partition coefficient (Wildman–Crippen LogP) is 3.96. The molecule has 0 saturated carbocycles. The van der Waals surface area contributed by atoms with E-state index in [0.29, 0.717) is 17.4 Å². The first kappa shape index (κ1) is 26.8. The van der Waals surface area contributed by atoms with Gasteiger partial charge in [0.2, 0.25) is 5.91 Å². The third kappa shape index (κ3) is 5.51. The smallest absolute Gasteiger partial charge is 0.274 e. The van der Waals surface area contributed by atoms with Crippen LogP contribution in [0, 0.1) is 17.5 Å². The lowest BCUT2D eigenvalue weighted by atomic mass is 10.0. The van der Waals surface area contributed by atoms with E-state index in [0.717, 1.165) is 11.6 Å². The minimum absolute atomic E-state index is 0.00908. The van der Waals surface area contributed by atoms with Crippen molar-refractivity contribution in [3.63, 3.8) is 0 Å². The van der Waals surface area contributed by atoms with Crippen LogP contribution >= 0.6 is 0 Å². The van der Waals surface area contributed by atoms with Crippen LogP contribution in [0.3, 0.4) is 0 Å². The van der Waals surface area contributed by atoms with Crippen molar-refractivity contribution < 1.29 is 31.5 Å². The zero-order valence-corrected chi connectivity index (χ0v) is 20.8. The number of alkyl halides is 2. The lowest BCUT2D eigenvalue weighted by Gasteiger charge is -2.31. The lowest BCUT2D eigenvalue weighted by molar-refractivity contribution is -0.132. The van der Waals surface area contributed by atoms with E-state index in [1.54, 1.807) is 16.7 Å². The molecule has 3 aromatic rings. The van der Waals surface area contributed by atoms with Crippen LogP contribution in [-0.4, -0.2) is 56.2 Å². The van der Waals surface area contributed by atoms with Gasteiger partial charge in [-0.05, 0) is 29.7 Å². The molecule has 39 heavy (non-hydrogen) atoms. The molecule has 0 aliphatic carbocycles. The second kappa shape index (κ2) is 10.4. The Balaban J connectivity index is 1.38. The van der Waals surface area contributed by atoms with Crippen molar-refractivity contribution in [3.8, 4) is 5.69 Å². The minimum atomic E-state index is -2.81. The number of nitrogens with two attached hydrogens (primary N) is 1. The zero-order chi connectivity index (χ0) is 27.9. The van der Waals surface area contributed by atoms with E-state index in [9.17, 15) is 31.5 Å². The maximum atomic E-state index is 14.1. The largest absolute Gasteiger partial charge is 0.337 e. The molecule has 1 saturated heterocycles. The Morgan fingerprint density at radius 2 is 1.67 bits per heavy atom. The van der Waals surface area contributed by atoms with Gasteiger partial charge in [-0.25, -0.2) is 26.9 Å². The number of carbonyl (C=O) groups is 2. The molecule has 0 spiro atoms. The summed E-state index contributed by atoms with van der Waals surface area (Å²) in [4.78, 5) is 33.8. The van der Waals surface area contributed by atoms with Crippen molar-refractivity contribution in [1.29, 1.82) is 0 Å². The third-order valence-electron chi connectivity index (χ3n) is 7.17. The van der Waals surface area contributed by atoms with Crippen LogP contribution in [0.15, 0.2) is 42.7 Å². The number of amides is 2. The average molecular weight is 548 g/mol. The number of likely N-dealkylation sites (tertiary alicyclic amines) is 1. The maximum absolute atomic E-state index is 14.1. The monoisotopic (exact) mass is 547 g/mol. The van der Waals surface area contributed by atoms with Gasteiger partial charge >= 0.3 is 0 Å². The molecule has 2 aliphatic heterocycles. The Hall–Kier alpha value is -3.80. The number of piperidine rings is 1. The molecular formula is C27H26F5N5O2. The minimum Gasteiger partial charge on any atom is -0.337 e. The first-order valence-electron chi connectivity index (χ1n) is 12.5. The van der Waals surface area contributed by atoms with E-state index >= 15 is 0 Å². The molecule has 206 valence electrons. The molecule has 1 atom stereocenters. The summed E-state index contributed by atoms with van der Waals surface area (Å²) < 4.78 is 70.0. The van der Waals surface area contributed by atoms with Crippen molar-refractivity contribution >= 4 is 11.8 Å². The number of carbonyl (C=O) groups excluding carboxylic acids is 2. The summed E-state index contributed by atoms with van der Waals surface area (Å²) in [5.41, 5.74) is 7.95. The Labute approximate surface area is 221 Å². The van der Waals surface area contributed by atoms with Crippen LogP contribution in [0.5, 0.6) is 0 Å². The van der Waals surface area contributed by atoms with Crippen LogP contribution in [-0.2, 0) is 24.3 Å². The number of hydrogen-bond donors (Lipinski definition) is 1. The van der Waals surface area contributed by atoms with E-state index in [1.807, 2.05) is 12.1 Å². The number of fused-ring (bicyclic) bond motifs is 3. The Morgan fingerprint density at radius 1 is 0.974 bits per heavy atom. The first-order chi connectivity index (χ1) is 18.5. The highest BCUT2D eigenvalue weighted by Crippen LogP contribution is 2.31. The van der Waals surface area contributed by atoms with Gasteiger partial charge in [-0.3, -0.25) is 9.59 Å². The lowest BCUT2D eigenvalue weighted by Crippen LogP contribution is -2.43. The summed E-state index contributed by atoms with van der Waals surface area (Å²) in [6, 6.07) is 7.54. The third-order valence-corrected chi connectivity index (χ3v) is 7.17. The van der Waals surface area contributed by atoms with Crippen molar-refractivity contribution in [2.75, 3.05) is 13.1 Å². The normalized spacial score (nSPS) is 17.3. The molecule has 2 N–H and O–H groups in total. The van der Waals surface area contributed by atoms with Gasteiger partial charge in [-0.15, -0.1) is 0 Å². The fraction of sp³-hybridized carbons (Fsp3) is 0.370. The Morgan fingerprint density at radius 3 is 2.41 bits per heavy atom. The summed E-state index contributed by atoms with van der Waals surface area (Å²) in [5.74, 6) is -7.18. The number of benzene rings is 2. The number of halogens is 5. The van der Waals surface area contributed by atoms with Gasteiger partial charge in [-0.1, -0.05) is 18.2 Å². The fourth-order valence-electron chi connectivity index (χ4n) is 5.02. The SMILES string of the molecule is N[C@@H](CC(=O)N1Cc2ccccc2-n2cnc(C(=O)N3CCC(F)(F)CC3)c2C1)Cc1cc(F)c(F)cc1F. The van der Waals surface area contributed by atoms with Crippen LogP contribution in [0.25, 0.3) is 5.69 Å². The molecule has 1 fully saturated rings. The Kier molecular flexibility index (Phi) is 7.15. The summed E-state index contributed by atoms with van der Waals surface area (Å²) in [7, 11) is 0. The van der Waals surface area contributed by atoms with Gasteiger partial charge in [0.05, 0.1) is 17.9 Å². The fourth-order valence-corrected chi connectivity index (χ4v) is 5.02. The number of para-hydroxylation sites is 1. The molecular weight excluding hydrogens is 521 g/mol. The highest BCUT2D eigenvalue weighted by Gasteiger charge is 2.37. The van der Waals surface area contributed by atoms with Gasteiger partial charge in [-0.2, -0.15) is 0 Å². The van der Waals surface area contributed by atoms with E-state index in [1.165, 1.54) is 16.1 Å². The van der Waals surface area contributed by atoms with Gasteiger partial charge in [0, 0.05) is 51.0 Å². The van der Waals surface area contributed by atoms with E-state index in [-0.39, 0.29) is 50.3 Å². The summed E-state index contributed by atoms with van der Waals surface area (Å²) >= 11 is 0. The number of nitrogens with zero attached hydrogens (tertiary/aromatic N) is 4. The molecule has 3 heterocycles. The molecule has 2 aliphatic rings. The molecule has 2 amide bonds. The summed E-state index contributed by atoms with van der Waals surface area (Å²) in [6.07, 6.45) is 0.197. The van der Waals surface area contributed by atoms with Crippen LogP contribution < -0.4 is 5.73 Å². The number of imidazole rings is 1. The van der Waals surface area contributed by atoms with Crippen molar-refractivity contribution in [2.24, 2.45) is 5.73 Å². The van der Waals surface area contributed by atoms with Gasteiger partial charge in [0.25, 0.3) is 11.8 Å². The molecule has 7 nitrogen and oxygen atoms in total. The van der Waals surface area contributed by atoms with Crippen molar-refractivity contribution in [2.45, 2.75) is 50.7 Å². The quantitative estimate of drug-likeness (QED) is 0.387. The predicted molar refractivity (Wildman–Crippen MR) is 131 cm³/mol. The molecule has 2 aromatic carbocycles. The average Bonchev–Trinajstić information content (AvgIpc) is 3.22. The summed E-state index contributed by atoms with van der Waals surface area (Å²) in [6.45, 7) is -0.0309. The van der Waals surface area contributed by atoms with E-state index < -0.39 is 54.1 Å². The molecule has 1 aromatic heterocycles. The first-order valence-corrected chi connectivity index (χ1v) is 12.5. The van der Waals surface area contributed by atoms with E-state index in [2.05, 4.69) is 4.98 Å². The molecule has 0 unspecified atom stereocenters. The number of rotatable bonds is 5. The Bertz CT molecular complexity index is 1420. The molecule has 0 bridgehead atoms. The highest BCUT2D eigenvalue weighted by atomic mass is 19.3. The topological polar surface area (TPSA) is 84.5 Å². The van der Waals surface area contributed by atoms with Crippen molar-refractivity contribution in [3.05, 3.63) is 82.7 Å². The zero-order valence-electron chi connectivity index (χ0n) is 20.8. The number of aromatic nitrogens is 2. The van der Waals surface area contributed by atoms with Gasteiger partial charge in [0.1, 0.15) is 12.1 Å². The molecule has 5 rings (SSSR count). The second-order valence-corrected chi connectivity index (χ2v) is 9.96. The maximum Gasteiger partial charge on any atom is 0.274 e. The second-order valence-electron chi connectivity index (χ2n) is 9.96. The molecule has 0 radical (unpaired) electrons. The van der Waals surface area contributed by atoms with Crippen LogP contribution in [0.4, 0.5) is 22.0 Å². The standard InChI is InChI=1S/C27H26F5N5O2/c28-19-12-21(30)20(29)10-17(19)9-18(33)11-24(38)36-13-16-3-1-2-4-22(16)37-15-34-25(23(37)14-36)26(39)35-7-5-27(31,32)6-8-35/h1-4,10,12,15,18H,5-9,11,13-14,33H2/t18-/m1/s1. The van der Waals surface area contributed by atoms with Crippen LogP contribution in [0.1, 0.15) is 46.6 Å². The summed E-state index contributed by atoms with van der Waals surface area (Å²) in [5, 5.41) is 0. The van der Waals surface area contributed by atoms with Gasteiger partial charge < -0.3 is 20.1 Å². The molecule has 12 heteroatoms.